The molecule has 340 valence electrons. The predicted molar refractivity (Wildman–Crippen MR) is 278 cm³/mol. The summed E-state index contributed by atoms with van der Waals surface area (Å²) in [6.07, 6.45) is 1.89. The van der Waals surface area contributed by atoms with Crippen LogP contribution < -0.4 is 0 Å². The molecule has 2 heterocycles. The van der Waals surface area contributed by atoms with E-state index in [1.807, 2.05) is 12.3 Å². The van der Waals surface area contributed by atoms with Crippen LogP contribution in [0.4, 0.5) is 0 Å². The van der Waals surface area contributed by atoms with Crippen molar-refractivity contribution in [2.24, 2.45) is 0 Å². The third-order valence-corrected chi connectivity index (χ3v) is 12.9. The second-order valence-electron chi connectivity index (χ2n) is 20.4. The fourth-order valence-corrected chi connectivity index (χ4v) is 9.14. The van der Waals surface area contributed by atoms with Crippen LogP contribution >= 0.6 is 0 Å². The molecule has 0 saturated carbocycles. The Morgan fingerprint density at radius 1 is 0.537 bits per heavy atom. The molecule has 0 radical (unpaired) electrons. The van der Waals surface area contributed by atoms with Crippen molar-refractivity contribution in [1.82, 2.24) is 14.5 Å². The second kappa shape index (κ2) is 18.7. The number of benzene rings is 7. The van der Waals surface area contributed by atoms with E-state index in [0.29, 0.717) is 11.4 Å². The number of aromatic nitrogens is 3. The number of phenols is 1. The molecule has 2 aromatic heterocycles. The quantitative estimate of drug-likeness (QED) is 0.147. The molecule has 0 amide bonds. The number of para-hydroxylation sites is 1. The molecule has 5 heteroatoms. The summed E-state index contributed by atoms with van der Waals surface area (Å²) < 4.78 is 2.31. The van der Waals surface area contributed by atoms with Crippen molar-refractivity contribution in [3.8, 4) is 78.6 Å². The minimum Gasteiger partial charge on any atom is -0.507 e. The largest absolute Gasteiger partial charge is 0.507 e. The number of fused-ring (bicyclic) bond motifs is 1. The van der Waals surface area contributed by atoms with Crippen LogP contribution in [0.25, 0.3) is 83.9 Å². The van der Waals surface area contributed by atoms with Gasteiger partial charge in [0.05, 0.1) is 22.3 Å². The molecule has 0 spiro atoms. The Bertz CT molecular complexity index is 3210. The number of phenolic OH excluding ortho intramolecular Hbond substituents is 1. The van der Waals surface area contributed by atoms with E-state index in [4.69, 9.17) is 9.97 Å². The van der Waals surface area contributed by atoms with Gasteiger partial charge in [0.1, 0.15) is 11.6 Å². The van der Waals surface area contributed by atoms with Crippen LogP contribution in [0.5, 0.6) is 5.75 Å². The van der Waals surface area contributed by atoms with Gasteiger partial charge in [-0.15, -0.1) is 29.3 Å². The normalized spacial score (nSPS) is 11.9. The Morgan fingerprint density at radius 3 is 1.75 bits per heavy atom. The van der Waals surface area contributed by atoms with E-state index < -0.39 is 0 Å². The van der Waals surface area contributed by atoms with Gasteiger partial charge in [0.15, 0.2) is 0 Å². The van der Waals surface area contributed by atoms with Crippen LogP contribution in [0.2, 0.25) is 0 Å². The number of pyridine rings is 1. The van der Waals surface area contributed by atoms with Crippen molar-refractivity contribution in [2.75, 3.05) is 0 Å². The number of rotatable bonds is 9. The van der Waals surface area contributed by atoms with Gasteiger partial charge in [-0.1, -0.05) is 196 Å². The first-order chi connectivity index (χ1) is 31.6. The molecule has 67 heavy (non-hydrogen) atoms. The Labute approximate surface area is 412 Å². The van der Waals surface area contributed by atoms with Gasteiger partial charge in [0.25, 0.3) is 0 Å². The molecule has 0 bridgehead atoms. The molecule has 4 nitrogen and oxygen atoms in total. The minimum absolute atomic E-state index is 0. The number of nitrogens with zero attached hydrogens (tertiary/aromatic N) is 3. The third kappa shape index (κ3) is 9.34. The number of imidazole rings is 1. The summed E-state index contributed by atoms with van der Waals surface area (Å²) in [5.41, 5.74) is 18.0. The molecule has 0 unspecified atom stereocenters. The fourth-order valence-electron chi connectivity index (χ4n) is 9.14. The maximum Gasteiger partial charge on any atom is 0.148 e. The van der Waals surface area contributed by atoms with Crippen LogP contribution in [-0.4, -0.2) is 19.6 Å². The molecular formula is C62H60N3OPt-. The van der Waals surface area contributed by atoms with Gasteiger partial charge in [-0.05, 0) is 97.5 Å². The zero-order valence-electron chi connectivity index (χ0n) is 40.3. The molecule has 0 atom stereocenters. The van der Waals surface area contributed by atoms with Crippen LogP contribution in [0, 0.1) is 6.07 Å². The Kier molecular flexibility index (Phi) is 13.2. The minimum atomic E-state index is -0.169. The van der Waals surface area contributed by atoms with E-state index in [1.54, 1.807) is 0 Å². The summed E-state index contributed by atoms with van der Waals surface area (Å²) in [7, 11) is 0. The van der Waals surface area contributed by atoms with Gasteiger partial charge in [-0.2, -0.15) is 0 Å². The first-order valence-electron chi connectivity index (χ1n) is 23.3. The third-order valence-electron chi connectivity index (χ3n) is 12.9. The van der Waals surface area contributed by atoms with E-state index in [-0.39, 0.29) is 49.5 Å². The summed E-state index contributed by atoms with van der Waals surface area (Å²) in [4.78, 5) is 10.6. The molecule has 0 aliphatic heterocycles. The summed E-state index contributed by atoms with van der Waals surface area (Å²) in [6, 6.07) is 60.0. The van der Waals surface area contributed by atoms with Crippen molar-refractivity contribution in [1.29, 1.82) is 0 Å². The summed E-state index contributed by atoms with van der Waals surface area (Å²) in [5.74, 6) is 1.27. The molecule has 9 aromatic rings. The molecule has 0 saturated heterocycles. The fraction of sp³-hybridized carbons (Fsp3) is 0.226. The number of aromatic hydroxyl groups is 1. The molecule has 0 aliphatic rings. The Morgan fingerprint density at radius 2 is 1.15 bits per heavy atom. The second-order valence-corrected chi connectivity index (χ2v) is 20.4. The molecular weight excluding hydrogens is 998 g/mol. The standard InChI is InChI=1S/C62H60N3O.Pt/c1-39(2)45-34-50(40(3)4)59(66)53(35-45)60-64-58-49(46-31-47(33-48(32-46)61(5,6)7)55-36-44(29-30-63-55)41-21-14-11-15-22-41)27-20-28-56(58)65(60)57-38-51(42-23-16-12-17-24-42)54(62(8,9)10)37-52(57)43-25-18-13-19-26-43;/h11-30,32-40,66H,1-10H3;/q-1;. The van der Waals surface area contributed by atoms with Crippen LogP contribution in [0.15, 0.2) is 164 Å². The van der Waals surface area contributed by atoms with E-state index in [2.05, 4.69) is 232 Å². The van der Waals surface area contributed by atoms with E-state index in [1.165, 1.54) is 11.1 Å². The smallest absolute Gasteiger partial charge is 0.148 e. The van der Waals surface area contributed by atoms with Gasteiger partial charge >= 0.3 is 0 Å². The maximum atomic E-state index is 12.5. The van der Waals surface area contributed by atoms with Gasteiger partial charge in [-0.25, -0.2) is 4.98 Å². The molecule has 0 fully saturated rings. The SMILES string of the molecule is CC(C)c1cc(-c2nc3c(-c4[c-]c(-c5cc(-c6ccccc6)ccn5)cc(C(C)(C)C)c4)cccc3n2-c2cc(-c3ccccc3)c(C(C)(C)C)cc2-c2ccccc2)c(O)c(C(C)C)c1.[Pt]. The zero-order chi connectivity index (χ0) is 46.5. The monoisotopic (exact) mass is 1060 g/mol. The summed E-state index contributed by atoms with van der Waals surface area (Å²) >= 11 is 0. The maximum absolute atomic E-state index is 12.5. The van der Waals surface area contributed by atoms with Crippen molar-refractivity contribution >= 4 is 11.0 Å². The first-order valence-corrected chi connectivity index (χ1v) is 23.3. The molecule has 9 rings (SSSR count). The van der Waals surface area contributed by atoms with Gasteiger partial charge in [0.2, 0.25) is 0 Å². The van der Waals surface area contributed by atoms with Gasteiger partial charge in [0, 0.05) is 38.5 Å². The van der Waals surface area contributed by atoms with Crippen molar-refractivity contribution < 1.29 is 26.2 Å². The molecule has 1 N–H and O–H groups in total. The predicted octanol–water partition coefficient (Wildman–Crippen LogP) is 16.8. The molecule has 0 aliphatic carbocycles. The van der Waals surface area contributed by atoms with E-state index >= 15 is 0 Å². The molecule has 7 aromatic carbocycles. The van der Waals surface area contributed by atoms with Crippen LogP contribution in [0.1, 0.15) is 103 Å². The summed E-state index contributed by atoms with van der Waals surface area (Å²) in [6.45, 7) is 22.4. The summed E-state index contributed by atoms with van der Waals surface area (Å²) in [5, 5.41) is 12.5. The Hall–Kier alpha value is -6.35. The van der Waals surface area contributed by atoms with E-state index in [9.17, 15) is 5.11 Å². The van der Waals surface area contributed by atoms with Gasteiger partial charge < -0.3 is 5.11 Å². The van der Waals surface area contributed by atoms with Crippen molar-refractivity contribution in [2.45, 2.75) is 91.9 Å². The number of hydrogen-bond donors (Lipinski definition) is 1. The average Bonchev–Trinajstić information content (AvgIpc) is 3.70. The Balaban J connectivity index is 0.00000608. The van der Waals surface area contributed by atoms with Crippen molar-refractivity contribution in [3.05, 3.63) is 192 Å². The number of hydrogen-bond acceptors (Lipinski definition) is 3. The van der Waals surface area contributed by atoms with E-state index in [0.717, 1.165) is 83.6 Å². The van der Waals surface area contributed by atoms with Crippen LogP contribution in [-0.2, 0) is 31.9 Å². The zero-order valence-corrected chi connectivity index (χ0v) is 42.6. The topological polar surface area (TPSA) is 50.9 Å². The first kappa shape index (κ1) is 47.2. The van der Waals surface area contributed by atoms with Crippen molar-refractivity contribution in [3.63, 3.8) is 0 Å². The van der Waals surface area contributed by atoms with Crippen LogP contribution in [0.3, 0.4) is 0 Å². The average molecular weight is 1060 g/mol. The van der Waals surface area contributed by atoms with Gasteiger partial charge in [-0.3, -0.25) is 9.55 Å².